The summed E-state index contributed by atoms with van der Waals surface area (Å²) in [5, 5.41) is 16.6. The van der Waals surface area contributed by atoms with Gasteiger partial charge >= 0.3 is 0 Å². The molecule has 0 bridgehead atoms. The minimum Gasteiger partial charge on any atom is -0.376 e. The van der Waals surface area contributed by atoms with Crippen molar-refractivity contribution < 1.29 is 29.5 Å². The van der Waals surface area contributed by atoms with Gasteiger partial charge < -0.3 is 14.2 Å². The number of methoxy groups -OCH3 is 1. The molecule has 14 heavy (non-hydrogen) atoms. The molecule has 2 heterocycles. The lowest BCUT2D eigenvalue weighted by Crippen LogP contribution is -2.36. The molecule has 0 amide bonds. The number of ether oxygens (including phenoxy) is 3. The largest absolute Gasteiger partial charge is 0.376 e. The van der Waals surface area contributed by atoms with Gasteiger partial charge in [-0.2, -0.15) is 0 Å². The summed E-state index contributed by atoms with van der Waals surface area (Å²) in [4.78, 5) is 4.66. The molecule has 2 aliphatic heterocycles. The van der Waals surface area contributed by atoms with Gasteiger partial charge in [-0.05, 0) is 0 Å². The van der Waals surface area contributed by atoms with Crippen molar-refractivity contribution in [3.05, 3.63) is 0 Å². The van der Waals surface area contributed by atoms with Crippen molar-refractivity contribution in [3.8, 4) is 0 Å². The Kier molecular flexibility index (Phi) is 2.98. The Morgan fingerprint density at radius 3 is 2.29 bits per heavy atom. The van der Waals surface area contributed by atoms with Crippen LogP contribution in [0.25, 0.3) is 0 Å². The topological polar surface area (TPSA) is 80.6 Å². The van der Waals surface area contributed by atoms with Gasteiger partial charge in [-0.25, -0.2) is 4.84 Å². The van der Waals surface area contributed by atoms with Gasteiger partial charge in [0.2, 0.25) is 0 Å². The van der Waals surface area contributed by atoms with Gasteiger partial charge in [0.25, 0.3) is 0 Å². The van der Waals surface area contributed by atoms with Gasteiger partial charge in [-0.1, -0.05) is 0 Å². The first kappa shape index (κ1) is 10.2. The van der Waals surface area contributed by atoms with E-state index in [4.69, 9.17) is 24.6 Å². The maximum absolute atomic E-state index is 8.48. The first-order valence-corrected chi connectivity index (χ1v) is 4.33. The smallest absolute Gasteiger partial charge is 0.136 e. The van der Waals surface area contributed by atoms with E-state index in [1.165, 1.54) is 0 Å². The van der Waals surface area contributed by atoms with Gasteiger partial charge in [0.05, 0.1) is 18.6 Å². The Balaban J connectivity index is 1.94. The minimum atomic E-state index is -0.504. The van der Waals surface area contributed by atoms with E-state index in [0.717, 1.165) is 0 Å². The summed E-state index contributed by atoms with van der Waals surface area (Å²) in [6.07, 6.45) is -1.11. The molecular formula is C7H13NO6. The number of hydrogen-bond donors (Lipinski definition) is 2. The van der Waals surface area contributed by atoms with E-state index >= 15 is 0 Å². The Hall–Kier alpha value is -0.280. The zero-order valence-corrected chi connectivity index (χ0v) is 7.70. The minimum absolute atomic E-state index is 0.112. The lowest BCUT2D eigenvalue weighted by atomic mass is 10.1. The third kappa shape index (κ3) is 1.75. The molecule has 0 saturated carbocycles. The van der Waals surface area contributed by atoms with Crippen LogP contribution < -0.4 is 0 Å². The highest BCUT2D eigenvalue weighted by molar-refractivity contribution is 4.95. The lowest BCUT2D eigenvalue weighted by molar-refractivity contribution is -0.507. The monoisotopic (exact) mass is 207 g/mol. The second kappa shape index (κ2) is 4.07. The first-order valence-electron chi connectivity index (χ1n) is 4.33. The van der Waals surface area contributed by atoms with E-state index < -0.39 is 6.10 Å². The number of fused-ring (bicyclic) bond motifs is 1. The fraction of sp³-hybridized carbons (Fsp3) is 1.00. The second-order valence-corrected chi connectivity index (χ2v) is 3.27. The van der Waals surface area contributed by atoms with E-state index in [-0.39, 0.29) is 30.3 Å². The molecule has 0 aromatic heterocycles. The molecule has 2 aliphatic rings. The quantitative estimate of drug-likeness (QED) is 0.585. The summed E-state index contributed by atoms with van der Waals surface area (Å²) in [6, 6.07) is 0. The van der Waals surface area contributed by atoms with Crippen molar-refractivity contribution in [2.24, 2.45) is 0 Å². The lowest BCUT2D eigenvalue weighted by Gasteiger charge is -2.17. The summed E-state index contributed by atoms with van der Waals surface area (Å²) in [5.74, 6) is 0. The van der Waals surface area contributed by atoms with Gasteiger partial charge in [0.1, 0.15) is 24.4 Å². The average Bonchev–Trinajstić information content (AvgIpc) is 2.67. The van der Waals surface area contributed by atoms with Crippen LogP contribution in [0.2, 0.25) is 0 Å². The number of hydrogen-bond acceptors (Lipinski definition) is 7. The average molecular weight is 207 g/mol. The molecule has 4 atom stereocenters. The molecule has 0 aromatic carbocycles. The molecule has 2 N–H and O–H groups in total. The Labute approximate surface area is 80.6 Å². The molecule has 7 nitrogen and oxygen atoms in total. The summed E-state index contributed by atoms with van der Waals surface area (Å²) < 4.78 is 15.9. The molecule has 0 unspecified atom stereocenters. The van der Waals surface area contributed by atoms with E-state index in [1.54, 1.807) is 7.11 Å². The molecule has 0 radical (unpaired) electrons. The number of rotatable bonds is 3. The number of nitrogens with zero attached hydrogens (tertiary/aromatic N) is 1. The third-order valence-electron chi connectivity index (χ3n) is 2.49. The van der Waals surface area contributed by atoms with Gasteiger partial charge in [0, 0.05) is 7.11 Å². The van der Waals surface area contributed by atoms with Crippen molar-refractivity contribution >= 4 is 0 Å². The standard InChI is InChI=1S/C7H13NO6/c1-11-4-2-12-7-5(14-8(9)10)3-13-6(4)7/h4-7,9-10H,2-3H2,1H3/t4-,5-,6+,7+/m0/s1. The van der Waals surface area contributed by atoms with E-state index in [0.29, 0.717) is 6.61 Å². The summed E-state index contributed by atoms with van der Waals surface area (Å²) in [5.41, 5.74) is 0. The predicted octanol–water partition coefficient (Wildman–Crippen LogP) is -0.820. The van der Waals surface area contributed by atoms with Crippen molar-refractivity contribution in [2.75, 3.05) is 20.3 Å². The van der Waals surface area contributed by atoms with Crippen LogP contribution in [0.4, 0.5) is 0 Å². The highest BCUT2D eigenvalue weighted by atomic mass is 17.1. The Bertz CT molecular complexity index is 201. The zero-order chi connectivity index (χ0) is 10.1. The molecule has 2 fully saturated rings. The van der Waals surface area contributed by atoms with Crippen LogP contribution in [0, 0.1) is 0 Å². The first-order chi connectivity index (χ1) is 6.72. The Morgan fingerprint density at radius 1 is 1.14 bits per heavy atom. The fourth-order valence-electron chi connectivity index (χ4n) is 1.84. The Morgan fingerprint density at radius 2 is 1.71 bits per heavy atom. The summed E-state index contributed by atoms with van der Waals surface area (Å²) >= 11 is 0. The molecule has 2 saturated heterocycles. The van der Waals surface area contributed by atoms with Crippen LogP contribution in [0.3, 0.4) is 0 Å². The van der Waals surface area contributed by atoms with Gasteiger partial charge in [-0.15, -0.1) is 0 Å². The molecule has 0 aliphatic carbocycles. The molecular weight excluding hydrogens is 194 g/mol. The maximum atomic E-state index is 8.48. The van der Waals surface area contributed by atoms with Crippen molar-refractivity contribution in [3.63, 3.8) is 0 Å². The highest BCUT2D eigenvalue weighted by Gasteiger charge is 2.49. The van der Waals surface area contributed by atoms with Crippen LogP contribution in [0.15, 0.2) is 0 Å². The molecule has 2 rings (SSSR count). The van der Waals surface area contributed by atoms with Gasteiger partial charge in [-0.3, -0.25) is 10.4 Å². The van der Waals surface area contributed by atoms with Crippen molar-refractivity contribution in [1.82, 2.24) is 5.39 Å². The van der Waals surface area contributed by atoms with Gasteiger partial charge in [0.15, 0.2) is 0 Å². The van der Waals surface area contributed by atoms with Crippen LogP contribution in [-0.4, -0.2) is 60.5 Å². The van der Waals surface area contributed by atoms with E-state index in [2.05, 4.69) is 4.84 Å². The van der Waals surface area contributed by atoms with Crippen molar-refractivity contribution in [1.29, 1.82) is 0 Å². The van der Waals surface area contributed by atoms with E-state index in [1.807, 2.05) is 0 Å². The zero-order valence-electron chi connectivity index (χ0n) is 7.70. The third-order valence-corrected chi connectivity index (χ3v) is 2.49. The molecule has 82 valence electrons. The molecule has 0 aromatic rings. The van der Waals surface area contributed by atoms with Crippen LogP contribution in [0.5, 0.6) is 0 Å². The summed E-state index contributed by atoms with van der Waals surface area (Å²) in [6.45, 7) is 0.690. The highest BCUT2D eigenvalue weighted by Crippen LogP contribution is 2.30. The fourth-order valence-corrected chi connectivity index (χ4v) is 1.84. The normalized spacial score (nSPS) is 42.0. The maximum Gasteiger partial charge on any atom is 0.136 e. The van der Waals surface area contributed by atoms with Crippen molar-refractivity contribution in [2.45, 2.75) is 24.4 Å². The van der Waals surface area contributed by atoms with Crippen LogP contribution in [0.1, 0.15) is 0 Å². The summed E-state index contributed by atoms with van der Waals surface area (Å²) in [7, 11) is 1.58. The van der Waals surface area contributed by atoms with Crippen LogP contribution in [-0.2, 0) is 19.0 Å². The second-order valence-electron chi connectivity index (χ2n) is 3.27. The molecule has 7 heteroatoms. The predicted molar refractivity (Wildman–Crippen MR) is 40.6 cm³/mol. The SMILES string of the molecule is CO[C@H]1CO[C@H]2[C@@H]1OC[C@@H]2ON(O)O. The molecule has 0 spiro atoms. The van der Waals surface area contributed by atoms with E-state index in [9.17, 15) is 0 Å². The van der Waals surface area contributed by atoms with Crippen LogP contribution >= 0.6 is 0 Å².